The summed E-state index contributed by atoms with van der Waals surface area (Å²) in [4.78, 5) is 12.3. The van der Waals surface area contributed by atoms with Crippen LogP contribution < -0.4 is 14.8 Å². The molecule has 4 heteroatoms. The first kappa shape index (κ1) is 19.5. The normalized spacial score (nSPS) is 10.4. The number of methoxy groups -OCH3 is 2. The van der Waals surface area contributed by atoms with Crippen LogP contribution in [-0.2, 0) is 6.42 Å². The van der Waals surface area contributed by atoms with Gasteiger partial charge in [0.05, 0.1) is 14.2 Å². The predicted octanol–water partition coefficient (Wildman–Crippen LogP) is 4.73. The lowest BCUT2D eigenvalue weighted by Crippen LogP contribution is -2.24. The van der Waals surface area contributed by atoms with Gasteiger partial charge in [-0.3, -0.25) is 4.79 Å². The zero-order valence-electron chi connectivity index (χ0n) is 16.3. The van der Waals surface area contributed by atoms with E-state index in [4.69, 9.17) is 9.47 Å². The number of hydrogen-bond donors (Lipinski definition) is 1. The fourth-order valence-corrected chi connectivity index (χ4v) is 3.08. The molecule has 3 rings (SSSR count). The summed E-state index contributed by atoms with van der Waals surface area (Å²) in [5.74, 6) is 1.40. The maximum Gasteiger partial charge on any atom is 0.251 e. The highest BCUT2D eigenvalue weighted by Gasteiger charge is 2.07. The van der Waals surface area contributed by atoms with Crippen molar-refractivity contribution in [3.63, 3.8) is 0 Å². The molecule has 0 bridgehead atoms. The standard InChI is InChI=1S/C24H25NO3/c1-27-22-15-10-18(17-23(22)28-2)7-6-16-25-24(26)21-13-11-20(12-14-21)19-8-4-3-5-9-19/h3-5,8-15,17H,6-7,16H2,1-2H3,(H,25,26). The highest BCUT2D eigenvalue weighted by molar-refractivity contribution is 5.94. The Morgan fingerprint density at radius 3 is 2.18 bits per heavy atom. The van der Waals surface area contributed by atoms with Crippen LogP contribution in [0.5, 0.6) is 11.5 Å². The van der Waals surface area contributed by atoms with Gasteiger partial charge in [-0.1, -0.05) is 48.5 Å². The van der Waals surface area contributed by atoms with Gasteiger partial charge in [-0.2, -0.15) is 0 Å². The Hall–Kier alpha value is -3.27. The largest absolute Gasteiger partial charge is 0.493 e. The van der Waals surface area contributed by atoms with Crippen molar-refractivity contribution in [1.29, 1.82) is 0 Å². The van der Waals surface area contributed by atoms with Crippen LogP contribution in [0.3, 0.4) is 0 Å². The fourth-order valence-electron chi connectivity index (χ4n) is 3.08. The molecule has 0 spiro atoms. The van der Waals surface area contributed by atoms with E-state index in [9.17, 15) is 4.79 Å². The smallest absolute Gasteiger partial charge is 0.251 e. The average molecular weight is 375 g/mol. The lowest BCUT2D eigenvalue weighted by Gasteiger charge is -2.10. The van der Waals surface area contributed by atoms with E-state index in [-0.39, 0.29) is 5.91 Å². The Kier molecular flexibility index (Phi) is 6.68. The first-order chi connectivity index (χ1) is 13.7. The number of carbonyl (C=O) groups is 1. The minimum atomic E-state index is -0.0491. The van der Waals surface area contributed by atoms with Crippen molar-refractivity contribution < 1.29 is 14.3 Å². The molecule has 0 aliphatic carbocycles. The van der Waals surface area contributed by atoms with Gasteiger partial charge in [-0.15, -0.1) is 0 Å². The minimum absolute atomic E-state index is 0.0491. The van der Waals surface area contributed by atoms with Crippen LogP contribution in [0.25, 0.3) is 11.1 Å². The molecule has 1 amide bonds. The van der Waals surface area contributed by atoms with Gasteiger partial charge in [-0.05, 0) is 53.8 Å². The number of nitrogens with one attached hydrogen (secondary N) is 1. The highest BCUT2D eigenvalue weighted by Crippen LogP contribution is 2.27. The Morgan fingerprint density at radius 1 is 0.821 bits per heavy atom. The summed E-state index contributed by atoms with van der Waals surface area (Å²) in [5.41, 5.74) is 4.07. The summed E-state index contributed by atoms with van der Waals surface area (Å²) in [6, 6.07) is 23.7. The molecule has 3 aromatic carbocycles. The number of benzene rings is 3. The summed E-state index contributed by atoms with van der Waals surface area (Å²) >= 11 is 0. The Bertz CT molecular complexity index is 905. The number of carbonyl (C=O) groups excluding carboxylic acids is 1. The Morgan fingerprint density at radius 2 is 1.50 bits per heavy atom. The molecule has 3 aromatic rings. The van der Waals surface area contributed by atoms with E-state index >= 15 is 0 Å². The predicted molar refractivity (Wildman–Crippen MR) is 112 cm³/mol. The first-order valence-corrected chi connectivity index (χ1v) is 9.36. The summed E-state index contributed by atoms with van der Waals surface area (Å²) in [6.45, 7) is 0.619. The second-order valence-electron chi connectivity index (χ2n) is 6.49. The molecule has 28 heavy (non-hydrogen) atoms. The van der Waals surface area contributed by atoms with Crippen LogP contribution in [0.1, 0.15) is 22.3 Å². The molecule has 0 radical (unpaired) electrons. The number of hydrogen-bond acceptors (Lipinski definition) is 3. The molecule has 0 saturated carbocycles. The number of rotatable bonds is 8. The number of aryl methyl sites for hydroxylation is 1. The van der Waals surface area contributed by atoms with Crippen LogP contribution in [0.15, 0.2) is 72.8 Å². The minimum Gasteiger partial charge on any atom is -0.493 e. The summed E-state index contributed by atoms with van der Waals surface area (Å²) in [7, 11) is 3.25. The van der Waals surface area contributed by atoms with Gasteiger partial charge in [-0.25, -0.2) is 0 Å². The van der Waals surface area contributed by atoms with Crippen molar-refractivity contribution >= 4 is 5.91 Å². The monoisotopic (exact) mass is 375 g/mol. The summed E-state index contributed by atoms with van der Waals surface area (Å²) < 4.78 is 10.6. The van der Waals surface area contributed by atoms with Gasteiger partial charge in [0.25, 0.3) is 5.91 Å². The van der Waals surface area contributed by atoms with Crippen LogP contribution >= 0.6 is 0 Å². The third-order valence-corrected chi connectivity index (χ3v) is 4.63. The molecule has 0 aromatic heterocycles. The van der Waals surface area contributed by atoms with Gasteiger partial charge < -0.3 is 14.8 Å². The molecule has 4 nitrogen and oxygen atoms in total. The van der Waals surface area contributed by atoms with E-state index in [2.05, 4.69) is 17.4 Å². The highest BCUT2D eigenvalue weighted by atomic mass is 16.5. The summed E-state index contributed by atoms with van der Waals surface area (Å²) in [6.07, 6.45) is 1.71. The second-order valence-corrected chi connectivity index (χ2v) is 6.49. The molecular weight excluding hydrogens is 350 g/mol. The van der Waals surface area contributed by atoms with Gasteiger partial charge in [0.1, 0.15) is 0 Å². The Labute approximate surface area is 166 Å². The van der Waals surface area contributed by atoms with Gasteiger partial charge >= 0.3 is 0 Å². The van der Waals surface area contributed by atoms with Crippen LogP contribution in [0.4, 0.5) is 0 Å². The maximum absolute atomic E-state index is 12.3. The van der Waals surface area contributed by atoms with Crippen molar-refractivity contribution in [2.24, 2.45) is 0 Å². The molecule has 0 unspecified atom stereocenters. The lowest BCUT2D eigenvalue weighted by atomic mass is 10.0. The first-order valence-electron chi connectivity index (χ1n) is 9.36. The zero-order valence-corrected chi connectivity index (χ0v) is 16.3. The molecule has 0 heterocycles. The van der Waals surface area contributed by atoms with Crippen molar-refractivity contribution in [2.75, 3.05) is 20.8 Å². The van der Waals surface area contributed by atoms with E-state index in [0.29, 0.717) is 12.1 Å². The molecular formula is C24H25NO3. The Balaban J connectivity index is 1.49. The van der Waals surface area contributed by atoms with E-state index in [0.717, 1.165) is 41.0 Å². The molecule has 1 N–H and O–H groups in total. The van der Waals surface area contributed by atoms with Crippen LogP contribution in [0.2, 0.25) is 0 Å². The van der Waals surface area contributed by atoms with Crippen LogP contribution in [-0.4, -0.2) is 26.7 Å². The second kappa shape index (κ2) is 9.60. The topological polar surface area (TPSA) is 47.6 Å². The SMILES string of the molecule is COc1ccc(CCCNC(=O)c2ccc(-c3ccccc3)cc2)cc1OC. The van der Waals surface area contributed by atoms with Gasteiger partial charge in [0.2, 0.25) is 0 Å². The van der Waals surface area contributed by atoms with E-state index in [1.807, 2.05) is 60.7 Å². The van der Waals surface area contributed by atoms with Crippen LogP contribution in [0, 0.1) is 0 Å². The molecule has 0 atom stereocenters. The molecule has 0 fully saturated rings. The maximum atomic E-state index is 12.3. The number of ether oxygens (including phenoxy) is 2. The third-order valence-electron chi connectivity index (χ3n) is 4.63. The molecule has 0 aliphatic rings. The molecule has 0 saturated heterocycles. The van der Waals surface area contributed by atoms with Gasteiger partial charge in [0, 0.05) is 12.1 Å². The van der Waals surface area contributed by atoms with Gasteiger partial charge in [0.15, 0.2) is 11.5 Å². The fraction of sp³-hybridized carbons (Fsp3) is 0.208. The molecule has 144 valence electrons. The van der Waals surface area contributed by atoms with Crippen molar-refractivity contribution in [3.05, 3.63) is 83.9 Å². The zero-order chi connectivity index (χ0) is 19.8. The third kappa shape index (κ3) is 4.92. The quantitative estimate of drug-likeness (QED) is 0.579. The van der Waals surface area contributed by atoms with Crippen molar-refractivity contribution in [3.8, 4) is 22.6 Å². The van der Waals surface area contributed by atoms with E-state index in [1.165, 1.54) is 0 Å². The van der Waals surface area contributed by atoms with E-state index in [1.54, 1.807) is 14.2 Å². The van der Waals surface area contributed by atoms with E-state index < -0.39 is 0 Å². The van der Waals surface area contributed by atoms with Crippen molar-refractivity contribution in [1.82, 2.24) is 5.32 Å². The average Bonchev–Trinajstić information content (AvgIpc) is 2.77. The lowest BCUT2D eigenvalue weighted by molar-refractivity contribution is 0.0953. The van der Waals surface area contributed by atoms with Crippen molar-refractivity contribution in [2.45, 2.75) is 12.8 Å². The molecule has 0 aliphatic heterocycles. The number of amides is 1. The summed E-state index contributed by atoms with van der Waals surface area (Å²) in [5, 5.41) is 2.98.